The highest BCUT2D eigenvalue weighted by atomic mass is 16.7. The standard InChI is InChI=1S/C34H66O9/c1-27(36)25-29(38)22-20-18-16-14-12-10-8-6-4-2-3-5-7-9-11-13-15-17-19-21-28(37)23-24-42-34-33(41)32(40)31(39)30(26-35)43-34/h27,29-36,38-41H,2-26H2,1H3/t27-,29+,30?,31-,32?,33+,34+/m1/s1. The van der Waals surface area contributed by atoms with Crippen LogP contribution >= 0.6 is 0 Å². The molecule has 1 aliphatic heterocycles. The topological polar surface area (TPSA) is 157 Å². The number of carbonyl (C=O) groups is 1. The van der Waals surface area contributed by atoms with Gasteiger partial charge in [0.25, 0.3) is 0 Å². The van der Waals surface area contributed by atoms with Crippen molar-refractivity contribution in [3.05, 3.63) is 0 Å². The molecule has 1 rings (SSSR count). The Morgan fingerprint density at radius 1 is 0.651 bits per heavy atom. The number of hydrogen-bond acceptors (Lipinski definition) is 9. The molecule has 0 radical (unpaired) electrons. The molecule has 256 valence electrons. The maximum absolute atomic E-state index is 12.1. The fraction of sp³-hybridized carbons (Fsp3) is 0.971. The number of aliphatic hydroxyl groups is 6. The molecule has 1 aliphatic rings. The number of ketones is 1. The van der Waals surface area contributed by atoms with Crippen LogP contribution in [-0.2, 0) is 14.3 Å². The van der Waals surface area contributed by atoms with Crippen molar-refractivity contribution in [3.63, 3.8) is 0 Å². The number of carbonyl (C=O) groups excluding carboxylic acids is 1. The Balaban J connectivity index is 1.79. The second kappa shape index (κ2) is 26.6. The highest BCUT2D eigenvalue weighted by molar-refractivity contribution is 5.78. The molecule has 1 heterocycles. The van der Waals surface area contributed by atoms with Crippen molar-refractivity contribution in [1.82, 2.24) is 0 Å². The summed E-state index contributed by atoms with van der Waals surface area (Å²) in [5.41, 5.74) is 0. The maximum atomic E-state index is 12.1. The smallest absolute Gasteiger partial charge is 0.186 e. The Kier molecular flexibility index (Phi) is 24.9. The summed E-state index contributed by atoms with van der Waals surface area (Å²) in [6.45, 7) is 1.28. The van der Waals surface area contributed by atoms with E-state index < -0.39 is 43.4 Å². The van der Waals surface area contributed by atoms with E-state index in [1.165, 1.54) is 96.3 Å². The summed E-state index contributed by atoms with van der Waals surface area (Å²) in [7, 11) is 0. The first-order valence-corrected chi connectivity index (χ1v) is 17.6. The van der Waals surface area contributed by atoms with Gasteiger partial charge in [0.1, 0.15) is 30.2 Å². The number of aliphatic hydroxyl groups excluding tert-OH is 6. The largest absolute Gasteiger partial charge is 0.394 e. The van der Waals surface area contributed by atoms with Crippen molar-refractivity contribution in [2.45, 2.75) is 198 Å². The molecule has 43 heavy (non-hydrogen) atoms. The maximum Gasteiger partial charge on any atom is 0.186 e. The van der Waals surface area contributed by atoms with E-state index in [-0.39, 0.29) is 24.9 Å². The van der Waals surface area contributed by atoms with Crippen molar-refractivity contribution in [2.75, 3.05) is 13.2 Å². The molecule has 0 aromatic rings. The summed E-state index contributed by atoms with van der Waals surface area (Å²) in [6, 6.07) is 0. The molecule has 0 saturated carbocycles. The summed E-state index contributed by atoms with van der Waals surface area (Å²) in [4.78, 5) is 12.1. The van der Waals surface area contributed by atoms with Crippen LogP contribution in [0.3, 0.4) is 0 Å². The molecule has 0 aromatic heterocycles. The number of Topliss-reactive ketones (excluding diaryl/α,β-unsaturated/α-hetero) is 1. The highest BCUT2D eigenvalue weighted by Crippen LogP contribution is 2.22. The monoisotopic (exact) mass is 618 g/mol. The van der Waals surface area contributed by atoms with Crippen LogP contribution in [0.4, 0.5) is 0 Å². The van der Waals surface area contributed by atoms with Gasteiger partial charge in [-0.3, -0.25) is 4.79 Å². The lowest BCUT2D eigenvalue weighted by molar-refractivity contribution is -0.300. The van der Waals surface area contributed by atoms with Crippen molar-refractivity contribution in [1.29, 1.82) is 0 Å². The lowest BCUT2D eigenvalue weighted by Crippen LogP contribution is -2.59. The van der Waals surface area contributed by atoms with Crippen LogP contribution in [0.25, 0.3) is 0 Å². The van der Waals surface area contributed by atoms with Gasteiger partial charge in [-0.2, -0.15) is 0 Å². The molecule has 0 aliphatic carbocycles. The molecule has 2 unspecified atom stereocenters. The highest BCUT2D eigenvalue weighted by Gasteiger charge is 2.43. The third-order valence-electron chi connectivity index (χ3n) is 8.62. The Hall–Kier alpha value is -0.650. The van der Waals surface area contributed by atoms with Gasteiger partial charge in [-0.15, -0.1) is 0 Å². The van der Waals surface area contributed by atoms with Gasteiger partial charge in [0.05, 0.1) is 25.4 Å². The molecule has 6 N–H and O–H groups in total. The quantitative estimate of drug-likeness (QED) is 0.0629. The van der Waals surface area contributed by atoms with Gasteiger partial charge < -0.3 is 40.1 Å². The van der Waals surface area contributed by atoms with Crippen LogP contribution in [-0.4, -0.2) is 92.5 Å². The molecule has 1 saturated heterocycles. The molecule has 0 amide bonds. The zero-order valence-corrected chi connectivity index (χ0v) is 27.1. The lowest BCUT2D eigenvalue weighted by Gasteiger charge is -2.39. The minimum absolute atomic E-state index is 0.0584. The predicted molar refractivity (Wildman–Crippen MR) is 169 cm³/mol. The first-order valence-electron chi connectivity index (χ1n) is 17.6. The van der Waals surface area contributed by atoms with Gasteiger partial charge >= 0.3 is 0 Å². The van der Waals surface area contributed by atoms with Crippen LogP contribution in [0.2, 0.25) is 0 Å². The summed E-state index contributed by atoms with van der Waals surface area (Å²) < 4.78 is 10.7. The molecule has 9 heteroatoms. The third-order valence-corrected chi connectivity index (χ3v) is 8.62. The molecule has 1 fully saturated rings. The minimum atomic E-state index is -1.47. The van der Waals surface area contributed by atoms with Crippen molar-refractivity contribution < 1.29 is 44.9 Å². The van der Waals surface area contributed by atoms with E-state index >= 15 is 0 Å². The average molecular weight is 619 g/mol. The fourth-order valence-electron chi connectivity index (χ4n) is 5.84. The predicted octanol–water partition coefficient (Wildman–Crippen LogP) is 5.09. The molecule has 0 spiro atoms. The average Bonchev–Trinajstić information content (AvgIpc) is 2.97. The van der Waals surface area contributed by atoms with E-state index in [2.05, 4.69) is 0 Å². The minimum Gasteiger partial charge on any atom is -0.394 e. The normalized spacial score (nSPS) is 23.8. The molecule has 9 nitrogen and oxygen atoms in total. The second-order valence-corrected chi connectivity index (χ2v) is 12.9. The lowest BCUT2D eigenvalue weighted by atomic mass is 9.99. The van der Waals surface area contributed by atoms with Gasteiger partial charge in [-0.1, -0.05) is 116 Å². The SMILES string of the molecule is C[C@@H](O)C[C@@H](O)CCCCCCCCCCCCCCCCCCCCCC(=O)CCO[C@H]1OC(CO)[C@@H](O)C(O)[C@@H]1O. The second-order valence-electron chi connectivity index (χ2n) is 12.9. The van der Waals surface area contributed by atoms with Crippen LogP contribution in [0.15, 0.2) is 0 Å². The van der Waals surface area contributed by atoms with Crippen LogP contribution in [0.5, 0.6) is 0 Å². The van der Waals surface area contributed by atoms with E-state index in [4.69, 9.17) is 9.47 Å². The Bertz CT molecular complexity index is 645. The molecule has 7 atom stereocenters. The van der Waals surface area contributed by atoms with Crippen LogP contribution in [0, 0.1) is 0 Å². The number of ether oxygens (including phenoxy) is 2. The zero-order valence-electron chi connectivity index (χ0n) is 27.1. The van der Waals surface area contributed by atoms with Gasteiger partial charge in [-0.05, 0) is 26.2 Å². The first kappa shape index (κ1) is 40.4. The van der Waals surface area contributed by atoms with Crippen LogP contribution < -0.4 is 0 Å². The van der Waals surface area contributed by atoms with Gasteiger partial charge in [0.2, 0.25) is 0 Å². The first-order chi connectivity index (χ1) is 20.8. The summed E-state index contributed by atoms with van der Waals surface area (Å²) in [5.74, 6) is 0.0960. The molecule has 0 aromatic carbocycles. The van der Waals surface area contributed by atoms with Crippen LogP contribution in [0.1, 0.15) is 155 Å². The fourth-order valence-corrected chi connectivity index (χ4v) is 5.84. The van der Waals surface area contributed by atoms with E-state index in [0.717, 1.165) is 32.1 Å². The molecular formula is C34H66O9. The number of unbranched alkanes of at least 4 members (excludes halogenated alkanes) is 18. The van der Waals surface area contributed by atoms with Gasteiger partial charge in [0, 0.05) is 12.8 Å². The summed E-state index contributed by atoms with van der Waals surface area (Å²) in [6.07, 6.45) is 18.6. The van der Waals surface area contributed by atoms with E-state index in [9.17, 15) is 35.4 Å². The van der Waals surface area contributed by atoms with Crippen molar-refractivity contribution >= 4 is 5.78 Å². The van der Waals surface area contributed by atoms with Crippen molar-refractivity contribution in [3.8, 4) is 0 Å². The van der Waals surface area contributed by atoms with E-state index in [1.807, 2.05) is 0 Å². The third kappa shape index (κ3) is 20.9. The Morgan fingerprint density at radius 3 is 1.53 bits per heavy atom. The van der Waals surface area contributed by atoms with Gasteiger partial charge in [0.15, 0.2) is 6.29 Å². The molecular weight excluding hydrogens is 552 g/mol. The Morgan fingerprint density at radius 2 is 1.09 bits per heavy atom. The Labute approximate surface area is 261 Å². The number of hydrogen-bond donors (Lipinski definition) is 6. The zero-order chi connectivity index (χ0) is 31.7. The summed E-state index contributed by atoms with van der Waals surface area (Å²) >= 11 is 0. The van der Waals surface area contributed by atoms with Gasteiger partial charge in [-0.25, -0.2) is 0 Å². The number of rotatable bonds is 29. The van der Waals surface area contributed by atoms with E-state index in [1.54, 1.807) is 6.92 Å². The molecule has 0 bridgehead atoms. The van der Waals surface area contributed by atoms with Crippen molar-refractivity contribution in [2.24, 2.45) is 0 Å². The summed E-state index contributed by atoms with van der Waals surface area (Å²) in [5, 5.41) is 57.8. The van der Waals surface area contributed by atoms with E-state index in [0.29, 0.717) is 12.8 Å².